The van der Waals surface area contributed by atoms with Gasteiger partial charge >= 0.3 is 0 Å². The zero-order chi connectivity index (χ0) is 25.2. The molecule has 6 nitrogen and oxygen atoms in total. The van der Waals surface area contributed by atoms with E-state index in [1.165, 1.54) is 11.3 Å². The second-order valence-electron chi connectivity index (χ2n) is 8.92. The largest absolute Gasteiger partial charge is 0.507 e. The molecule has 1 atom stereocenters. The van der Waals surface area contributed by atoms with Gasteiger partial charge in [0.25, 0.3) is 11.7 Å². The SMILES string of the molecule is CCCOc1cccc(/C(O)=C2/C(=O)C(=O)N(CCc3cn(C)c4ccccc34)C2c2cccs2)c1. The number of ketones is 1. The van der Waals surface area contributed by atoms with Crippen LogP contribution < -0.4 is 4.74 Å². The van der Waals surface area contributed by atoms with Crippen LogP contribution in [0.25, 0.3) is 16.7 Å². The lowest BCUT2D eigenvalue weighted by Crippen LogP contribution is -2.31. The molecule has 1 fully saturated rings. The van der Waals surface area contributed by atoms with Crippen LogP contribution in [-0.2, 0) is 23.1 Å². The minimum Gasteiger partial charge on any atom is -0.507 e. The first kappa shape index (κ1) is 23.9. The fraction of sp³-hybridized carbons (Fsp3) is 0.241. The maximum Gasteiger partial charge on any atom is 0.295 e. The number of amides is 1. The normalized spacial score (nSPS) is 17.3. The van der Waals surface area contributed by atoms with Crippen molar-refractivity contribution in [3.63, 3.8) is 0 Å². The number of para-hydroxylation sites is 1. The van der Waals surface area contributed by atoms with Crippen LogP contribution in [0, 0.1) is 0 Å². The molecule has 0 saturated carbocycles. The number of fused-ring (bicyclic) bond motifs is 1. The Bertz CT molecular complexity index is 1450. The third-order valence-corrected chi connectivity index (χ3v) is 7.46. The zero-order valence-electron chi connectivity index (χ0n) is 20.3. The summed E-state index contributed by atoms with van der Waals surface area (Å²) < 4.78 is 7.78. The van der Waals surface area contributed by atoms with Crippen molar-refractivity contribution >= 4 is 39.7 Å². The van der Waals surface area contributed by atoms with Crippen molar-refractivity contribution in [1.82, 2.24) is 9.47 Å². The summed E-state index contributed by atoms with van der Waals surface area (Å²) in [5.74, 6) is -0.822. The molecule has 1 amide bonds. The van der Waals surface area contributed by atoms with E-state index in [0.717, 1.165) is 27.8 Å². The number of hydrogen-bond acceptors (Lipinski definition) is 5. The first-order valence-corrected chi connectivity index (χ1v) is 13.0. The van der Waals surface area contributed by atoms with Crippen LogP contribution >= 0.6 is 11.3 Å². The van der Waals surface area contributed by atoms with E-state index in [1.54, 1.807) is 23.1 Å². The number of aliphatic hydroxyl groups excluding tert-OH is 1. The average molecular weight is 501 g/mol. The van der Waals surface area contributed by atoms with Crippen LogP contribution in [0.2, 0.25) is 0 Å². The molecular formula is C29H28N2O4S. The maximum absolute atomic E-state index is 13.3. The first-order chi connectivity index (χ1) is 17.5. The molecule has 0 spiro atoms. The number of likely N-dealkylation sites (tertiary alicyclic amines) is 1. The van der Waals surface area contributed by atoms with E-state index in [0.29, 0.717) is 30.9 Å². The molecule has 1 saturated heterocycles. The quantitative estimate of drug-likeness (QED) is 0.192. The highest BCUT2D eigenvalue weighted by molar-refractivity contribution is 7.10. The van der Waals surface area contributed by atoms with Gasteiger partial charge in [-0.05, 0) is 48.1 Å². The molecule has 1 aliphatic heterocycles. The number of benzene rings is 2. The molecule has 184 valence electrons. The van der Waals surface area contributed by atoms with E-state index in [1.807, 2.05) is 49.7 Å². The molecule has 7 heteroatoms. The van der Waals surface area contributed by atoms with Gasteiger partial charge in [-0.15, -0.1) is 11.3 Å². The van der Waals surface area contributed by atoms with Gasteiger partial charge in [-0.25, -0.2) is 0 Å². The van der Waals surface area contributed by atoms with Crippen LogP contribution in [0.15, 0.2) is 77.8 Å². The molecule has 1 unspecified atom stereocenters. The summed E-state index contributed by atoms with van der Waals surface area (Å²) in [6, 6.07) is 18.3. The second-order valence-corrected chi connectivity index (χ2v) is 9.90. The summed E-state index contributed by atoms with van der Waals surface area (Å²) in [4.78, 5) is 29.0. The smallest absolute Gasteiger partial charge is 0.295 e. The van der Waals surface area contributed by atoms with Crippen LogP contribution in [0.5, 0.6) is 5.75 Å². The number of aromatic nitrogens is 1. The summed E-state index contributed by atoms with van der Waals surface area (Å²) in [5.41, 5.74) is 2.81. The number of hydrogen-bond donors (Lipinski definition) is 1. The Morgan fingerprint density at radius 3 is 2.69 bits per heavy atom. The number of aryl methyl sites for hydroxylation is 1. The number of carbonyl (C=O) groups excluding carboxylic acids is 2. The summed E-state index contributed by atoms with van der Waals surface area (Å²) in [6.45, 7) is 2.93. The third kappa shape index (κ3) is 4.31. The molecule has 0 aliphatic carbocycles. The lowest BCUT2D eigenvalue weighted by Gasteiger charge is -2.24. The Kier molecular flexibility index (Phi) is 6.65. The first-order valence-electron chi connectivity index (χ1n) is 12.1. The number of thiophene rings is 1. The highest BCUT2D eigenvalue weighted by Crippen LogP contribution is 2.41. The van der Waals surface area contributed by atoms with Crippen molar-refractivity contribution in [2.75, 3.05) is 13.2 Å². The topological polar surface area (TPSA) is 71.8 Å². The standard InChI is InChI=1S/C29H28N2O4S/c1-3-15-35-21-9-6-8-19(17-21)27(32)25-26(24-12-7-16-36-24)31(29(34)28(25)33)14-13-20-18-30(2)23-11-5-4-10-22(20)23/h4-12,16-18,26,32H,3,13-15H2,1-2H3/b27-25-. The number of ether oxygens (including phenoxy) is 1. The fourth-order valence-corrected chi connectivity index (χ4v) is 5.67. The minimum absolute atomic E-state index is 0.119. The van der Waals surface area contributed by atoms with Gasteiger partial charge in [-0.3, -0.25) is 9.59 Å². The number of nitrogens with zero attached hydrogens (tertiary/aromatic N) is 2. The van der Waals surface area contributed by atoms with Gasteiger partial charge in [0.15, 0.2) is 0 Å². The molecule has 2 aromatic carbocycles. The monoisotopic (exact) mass is 500 g/mol. The maximum atomic E-state index is 13.3. The van der Waals surface area contributed by atoms with Gasteiger partial charge in [-0.1, -0.05) is 43.3 Å². The molecule has 1 aliphatic rings. The molecule has 4 aromatic rings. The summed E-state index contributed by atoms with van der Waals surface area (Å²) in [7, 11) is 2.00. The van der Waals surface area contributed by atoms with E-state index < -0.39 is 17.7 Å². The van der Waals surface area contributed by atoms with Crippen molar-refractivity contribution < 1.29 is 19.4 Å². The van der Waals surface area contributed by atoms with Crippen molar-refractivity contribution in [3.8, 4) is 5.75 Å². The van der Waals surface area contributed by atoms with Gasteiger partial charge in [0, 0.05) is 41.1 Å². The molecule has 2 aromatic heterocycles. The van der Waals surface area contributed by atoms with E-state index in [2.05, 4.69) is 22.9 Å². The third-order valence-electron chi connectivity index (χ3n) is 6.53. The van der Waals surface area contributed by atoms with Crippen LogP contribution in [-0.4, -0.2) is 39.4 Å². The highest BCUT2D eigenvalue weighted by Gasteiger charge is 2.46. The predicted molar refractivity (Wildman–Crippen MR) is 142 cm³/mol. The van der Waals surface area contributed by atoms with Gasteiger partial charge in [0.1, 0.15) is 11.5 Å². The lowest BCUT2D eigenvalue weighted by molar-refractivity contribution is -0.139. The molecule has 5 rings (SSSR count). The van der Waals surface area contributed by atoms with Gasteiger partial charge in [0.05, 0.1) is 18.2 Å². The molecule has 0 radical (unpaired) electrons. The number of rotatable bonds is 8. The lowest BCUT2D eigenvalue weighted by atomic mass is 9.99. The minimum atomic E-state index is -0.663. The summed E-state index contributed by atoms with van der Waals surface area (Å²) in [6.07, 6.45) is 3.52. The average Bonchev–Trinajstić information content (AvgIpc) is 3.60. The van der Waals surface area contributed by atoms with Crippen LogP contribution in [0.4, 0.5) is 0 Å². The molecule has 1 N–H and O–H groups in total. The van der Waals surface area contributed by atoms with E-state index in [-0.39, 0.29) is 11.3 Å². The van der Waals surface area contributed by atoms with E-state index in [9.17, 15) is 14.7 Å². The number of carbonyl (C=O) groups is 2. The van der Waals surface area contributed by atoms with Crippen molar-refractivity contribution in [1.29, 1.82) is 0 Å². The van der Waals surface area contributed by atoms with Crippen LogP contribution in [0.3, 0.4) is 0 Å². The Labute approximate surface area is 214 Å². The zero-order valence-corrected chi connectivity index (χ0v) is 21.1. The Morgan fingerprint density at radius 2 is 1.92 bits per heavy atom. The van der Waals surface area contributed by atoms with Crippen LogP contribution in [0.1, 0.15) is 35.4 Å². The number of aliphatic hydroxyl groups is 1. The van der Waals surface area contributed by atoms with E-state index in [4.69, 9.17) is 4.74 Å². The Balaban J connectivity index is 1.51. The summed E-state index contributed by atoms with van der Waals surface area (Å²) >= 11 is 1.47. The Morgan fingerprint density at radius 1 is 1.08 bits per heavy atom. The molecule has 36 heavy (non-hydrogen) atoms. The molecular weight excluding hydrogens is 472 g/mol. The fourth-order valence-electron chi connectivity index (χ4n) is 4.83. The van der Waals surface area contributed by atoms with Gasteiger partial charge in [0.2, 0.25) is 0 Å². The van der Waals surface area contributed by atoms with Crippen molar-refractivity contribution in [2.24, 2.45) is 7.05 Å². The Hall–Kier alpha value is -3.84. The van der Waals surface area contributed by atoms with Gasteiger partial charge < -0.3 is 19.3 Å². The second kappa shape index (κ2) is 10.0. The molecule has 3 heterocycles. The predicted octanol–water partition coefficient (Wildman–Crippen LogP) is 5.69. The number of Topliss-reactive ketones (excluding diaryl/α,β-unsaturated/α-hetero) is 1. The van der Waals surface area contributed by atoms with E-state index >= 15 is 0 Å². The molecule has 0 bridgehead atoms. The van der Waals surface area contributed by atoms with Crippen molar-refractivity contribution in [2.45, 2.75) is 25.8 Å². The summed E-state index contributed by atoms with van der Waals surface area (Å²) in [5, 5.41) is 14.3. The van der Waals surface area contributed by atoms with Gasteiger partial charge in [-0.2, -0.15) is 0 Å². The van der Waals surface area contributed by atoms with Crippen molar-refractivity contribution in [3.05, 3.63) is 93.8 Å². The highest BCUT2D eigenvalue weighted by atomic mass is 32.1.